The highest BCUT2D eigenvalue weighted by molar-refractivity contribution is 7.09. The Kier molecular flexibility index (Phi) is 4.99. The van der Waals surface area contributed by atoms with Gasteiger partial charge in [0.1, 0.15) is 5.01 Å². The van der Waals surface area contributed by atoms with Gasteiger partial charge in [-0.25, -0.2) is 4.98 Å². The minimum Gasteiger partial charge on any atom is -0.308 e. The quantitative estimate of drug-likeness (QED) is 0.824. The lowest BCUT2D eigenvalue weighted by Gasteiger charge is -2.18. The van der Waals surface area contributed by atoms with Gasteiger partial charge < -0.3 is 5.32 Å². The zero-order valence-corrected chi connectivity index (χ0v) is 11.8. The van der Waals surface area contributed by atoms with Crippen molar-refractivity contribution in [1.82, 2.24) is 10.3 Å². The van der Waals surface area contributed by atoms with E-state index in [1.807, 2.05) is 6.20 Å². The van der Waals surface area contributed by atoms with Gasteiger partial charge in [0.15, 0.2) is 0 Å². The highest BCUT2D eigenvalue weighted by Gasteiger charge is 2.20. The molecular formula is C14H24N2S. The first kappa shape index (κ1) is 13.0. The van der Waals surface area contributed by atoms with Gasteiger partial charge in [0.25, 0.3) is 0 Å². The van der Waals surface area contributed by atoms with Crippen LogP contribution in [-0.2, 0) is 6.54 Å². The van der Waals surface area contributed by atoms with Crippen LogP contribution in [0.4, 0.5) is 0 Å². The molecule has 1 saturated carbocycles. The van der Waals surface area contributed by atoms with Gasteiger partial charge in [0.2, 0.25) is 0 Å². The van der Waals surface area contributed by atoms with Crippen molar-refractivity contribution in [3.8, 4) is 0 Å². The van der Waals surface area contributed by atoms with Crippen molar-refractivity contribution in [2.45, 2.75) is 58.5 Å². The van der Waals surface area contributed by atoms with Gasteiger partial charge in [-0.3, -0.25) is 0 Å². The van der Waals surface area contributed by atoms with Gasteiger partial charge in [0.05, 0.1) is 0 Å². The lowest BCUT2D eigenvalue weighted by Crippen LogP contribution is -2.28. The van der Waals surface area contributed by atoms with Gasteiger partial charge >= 0.3 is 0 Å². The molecule has 0 bridgehead atoms. The van der Waals surface area contributed by atoms with E-state index in [4.69, 9.17) is 0 Å². The van der Waals surface area contributed by atoms with Crippen molar-refractivity contribution in [2.75, 3.05) is 0 Å². The molecule has 0 spiro atoms. The van der Waals surface area contributed by atoms with Crippen LogP contribution in [0.3, 0.4) is 0 Å². The fourth-order valence-electron chi connectivity index (χ4n) is 2.77. The van der Waals surface area contributed by atoms with Crippen molar-refractivity contribution < 1.29 is 0 Å². The first-order valence-electron chi connectivity index (χ1n) is 6.87. The molecule has 3 heteroatoms. The molecular weight excluding hydrogens is 228 g/mol. The molecule has 0 aliphatic heterocycles. The molecule has 2 rings (SSSR count). The first-order valence-corrected chi connectivity index (χ1v) is 7.75. The van der Waals surface area contributed by atoms with Crippen LogP contribution in [-0.4, -0.2) is 11.0 Å². The minimum absolute atomic E-state index is 0.711. The Hall–Kier alpha value is -0.410. The second-order valence-electron chi connectivity index (χ2n) is 5.52. The number of nitrogens with one attached hydrogen (secondary N) is 1. The van der Waals surface area contributed by atoms with Crippen LogP contribution in [0.5, 0.6) is 0 Å². The summed E-state index contributed by atoms with van der Waals surface area (Å²) in [4.78, 5) is 4.32. The molecule has 17 heavy (non-hydrogen) atoms. The van der Waals surface area contributed by atoms with E-state index in [0.717, 1.165) is 18.4 Å². The van der Waals surface area contributed by atoms with E-state index in [-0.39, 0.29) is 0 Å². The van der Waals surface area contributed by atoms with Crippen LogP contribution >= 0.6 is 11.3 Å². The Morgan fingerprint density at radius 1 is 1.35 bits per heavy atom. The Labute approximate surface area is 109 Å². The molecule has 0 amide bonds. The summed E-state index contributed by atoms with van der Waals surface area (Å²) in [7, 11) is 0. The normalized spacial score (nSPS) is 26.1. The fourth-order valence-corrected chi connectivity index (χ4v) is 3.34. The third-order valence-corrected chi connectivity index (χ3v) is 4.76. The zero-order chi connectivity index (χ0) is 12.1. The topological polar surface area (TPSA) is 24.9 Å². The number of aromatic nitrogens is 1. The molecule has 0 radical (unpaired) electrons. The summed E-state index contributed by atoms with van der Waals surface area (Å²) in [5.41, 5.74) is 0. The fraction of sp³-hybridized carbons (Fsp3) is 0.786. The van der Waals surface area contributed by atoms with Crippen LogP contribution in [0.2, 0.25) is 0 Å². The lowest BCUT2D eigenvalue weighted by molar-refractivity contribution is 0.337. The maximum absolute atomic E-state index is 4.32. The van der Waals surface area contributed by atoms with E-state index >= 15 is 0 Å². The number of nitrogens with zero attached hydrogens (tertiary/aromatic N) is 1. The van der Waals surface area contributed by atoms with Crippen LogP contribution in [0, 0.1) is 11.8 Å². The van der Waals surface area contributed by atoms with E-state index in [2.05, 4.69) is 29.5 Å². The summed E-state index contributed by atoms with van der Waals surface area (Å²) >= 11 is 1.75. The SMILES string of the molecule is CC(C)C1CCCC(NCc2nccs2)CC1. The average Bonchev–Trinajstić information content (AvgIpc) is 2.70. The highest BCUT2D eigenvalue weighted by atomic mass is 32.1. The number of hydrogen-bond donors (Lipinski definition) is 1. The molecule has 2 nitrogen and oxygen atoms in total. The Morgan fingerprint density at radius 2 is 2.24 bits per heavy atom. The Morgan fingerprint density at radius 3 is 2.94 bits per heavy atom. The molecule has 2 unspecified atom stereocenters. The number of hydrogen-bond acceptors (Lipinski definition) is 3. The van der Waals surface area contributed by atoms with Gasteiger partial charge in [-0.1, -0.05) is 26.7 Å². The maximum atomic E-state index is 4.32. The van der Waals surface area contributed by atoms with Crippen LogP contribution < -0.4 is 5.32 Å². The standard InChI is InChI=1S/C14H24N2S/c1-11(2)12-4-3-5-13(7-6-12)16-10-14-15-8-9-17-14/h8-9,11-13,16H,3-7,10H2,1-2H3. The second-order valence-corrected chi connectivity index (χ2v) is 6.50. The van der Waals surface area contributed by atoms with Crippen LogP contribution in [0.25, 0.3) is 0 Å². The molecule has 1 aliphatic rings. The molecule has 96 valence electrons. The molecule has 1 aromatic heterocycles. The Bertz CT molecular complexity index is 308. The largest absolute Gasteiger partial charge is 0.308 e. The molecule has 0 aromatic carbocycles. The van der Waals surface area contributed by atoms with E-state index in [1.165, 1.54) is 37.1 Å². The summed E-state index contributed by atoms with van der Waals surface area (Å²) in [6.07, 6.45) is 8.78. The van der Waals surface area contributed by atoms with Crippen LogP contribution in [0.1, 0.15) is 51.0 Å². The van der Waals surface area contributed by atoms with Crippen molar-refractivity contribution in [3.05, 3.63) is 16.6 Å². The van der Waals surface area contributed by atoms with E-state index < -0.39 is 0 Å². The van der Waals surface area contributed by atoms with Gasteiger partial charge in [0, 0.05) is 24.2 Å². The average molecular weight is 252 g/mol. The highest BCUT2D eigenvalue weighted by Crippen LogP contribution is 2.28. The van der Waals surface area contributed by atoms with Gasteiger partial charge in [-0.2, -0.15) is 0 Å². The number of rotatable bonds is 4. The smallest absolute Gasteiger partial charge is 0.106 e. The number of thiazole rings is 1. The monoisotopic (exact) mass is 252 g/mol. The van der Waals surface area contributed by atoms with Crippen molar-refractivity contribution in [1.29, 1.82) is 0 Å². The summed E-state index contributed by atoms with van der Waals surface area (Å²) < 4.78 is 0. The third-order valence-electron chi connectivity index (χ3n) is 3.98. The van der Waals surface area contributed by atoms with Crippen molar-refractivity contribution >= 4 is 11.3 Å². The maximum Gasteiger partial charge on any atom is 0.106 e. The molecule has 0 saturated heterocycles. The molecule has 1 aromatic rings. The van der Waals surface area contributed by atoms with Crippen molar-refractivity contribution in [3.63, 3.8) is 0 Å². The predicted molar refractivity (Wildman–Crippen MR) is 74.2 cm³/mol. The molecule has 1 heterocycles. The molecule has 2 atom stereocenters. The Balaban J connectivity index is 1.75. The first-order chi connectivity index (χ1) is 8.25. The third kappa shape index (κ3) is 4.07. The predicted octanol–water partition coefficient (Wildman–Crippen LogP) is 3.84. The molecule has 1 N–H and O–H groups in total. The van der Waals surface area contributed by atoms with E-state index in [0.29, 0.717) is 6.04 Å². The van der Waals surface area contributed by atoms with Gasteiger partial charge in [-0.05, 0) is 31.1 Å². The molecule has 1 fully saturated rings. The summed E-state index contributed by atoms with van der Waals surface area (Å²) in [6, 6.07) is 0.711. The summed E-state index contributed by atoms with van der Waals surface area (Å²) in [5.74, 6) is 1.80. The molecule has 1 aliphatic carbocycles. The van der Waals surface area contributed by atoms with Crippen LogP contribution in [0.15, 0.2) is 11.6 Å². The lowest BCUT2D eigenvalue weighted by atomic mass is 9.89. The van der Waals surface area contributed by atoms with E-state index in [1.54, 1.807) is 11.3 Å². The van der Waals surface area contributed by atoms with Crippen molar-refractivity contribution in [2.24, 2.45) is 11.8 Å². The summed E-state index contributed by atoms with van der Waals surface area (Å²) in [5, 5.41) is 6.94. The van der Waals surface area contributed by atoms with Gasteiger partial charge in [-0.15, -0.1) is 11.3 Å². The summed E-state index contributed by atoms with van der Waals surface area (Å²) in [6.45, 7) is 5.69. The zero-order valence-electron chi connectivity index (χ0n) is 11.0. The second kappa shape index (κ2) is 6.50. The minimum atomic E-state index is 0.711. The van der Waals surface area contributed by atoms with E-state index in [9.17, 15) is 0 Å².